The lowest BCUT2D eigenvalue weighted by atomic mass is 10.3. The summed E-state index contributed by atoms with van der Waals surface area (Å²) in [6.45, 7) is 5.34. The zero-order valence-corrected chi connectivity index (χ0v) is 22.2. The highest BCUT2D eigenvalue weighted by molar-refractivity contribution is 9.11. The summed E-state index contributed by atoms with van der Waals surface area (Å²) in [7, 11) is 0. The van der Waals surface area contributed by atoms with Gasteiger partial charge in [0.1, 0.15) is 5.82 Å². The van der Waals surface area contributed by atoms with Crippen LogP contribution in [0.15, 0.2) is 76.5 Å². The topological polar surface area (TPSA) is 238 Å². The van der Waals surface area contributed by atoms with E-state index in [4.69, 9.17) is 11.6 Å². The molecule has 0 saturated carbocycles. The molecule has 1 aliphatic rings. The van der Waals surface area contributed by atoms with E-state index >= 15 is 0 Å². The molecule has 1 amide bonds. The number of alkyl halides is 1. The molecule has 3 aromatic rings. The first-order valence-electron chi connectivity index (χ1n) is 10.2. The van der Waals surface area contributed by atoms with Gasteiger partial charge in [-0.1, -0.05) is 22.5 Å². The van der Waals surface area contributed by atoms with Crippen molar-refractivity contribution >= 4 is 39.5 Å². The lowest BCUT2D eigenvalue weighted by molar-refractivity contribution is -0.116. The van der Waals surface area contributed by atoms with E-state index in [1.165, 1.54) is 29.5 Å². The molecule has 4 rings (SSSR count). The number of hydrogen-bond donors (Lipinski definition) is 8. The molecule has 0 fully saturated rings. The predicted octanol–water partition coefficient (Wildman–Crippen LogP) is -0.486. The molecule has 0 spiro atoms. The second-order valence-electron chi connectivity index (χ2n) is 6.89. The van der Waals surface area contributed by atoms with Gasteiger partial charge >= 0.3 is 17.1 Å². The number of hydrogen-bond acceptors (Lipinski definition) is 8. The van der Waals surface area contributed by atoms with Gasteiger partial charge in [0.15, 0.2) is 0 Å². The maximum absolute atomic E-state index is 12.0. The lowest BCUT2D eigenvalue weighted by Gasteiger charge is -2.14. The Morgan fingerprint density at radius 2 is 1.38 bits per heavy atom. The highest BCUT2D eigenvalue weighted by Gasteiger charge is 2.05. The number of aromatic nitrogens is 6. The molecule has 0 aromatic carbocycles. The molecule has 18 heteroatoms. The van der Waals surface area contributed by atoms with Crippen molar-refractivity contribution in [3.8, 4) is 0 Å². The van der Waals surface area contributed by atoms with Gasteiger partial charge in [0.05, 0.1) is 11.4 Å². The summed E-state index contributed by atoms with van der Waals surface area (Å²) in [4.78, 5) is 87.4. The van der Waals surface area contributed by atoms with Crippen LogP contribution < -0.4 is 44.4 Å². The predicted molar refractivity (Wildman–Crippen MR) is 145 cm³/mol. The Hall–Kier alpha value is -4.77. The summed E-state index contributed by atoms with van der Waals surface area (Å²) in [6, 6.07) is 0. The highest BCUT2D eigenvalue weighted by atomic mass is 79.9. The fourth-order valence-corrected chi connectivity index (χ4v) is 2.71. The minimum Gasteiger partial charge on any atom is -0.346 e. The van der Waals surface area contributed by atoms with Gasteiger partial charge in [-0.05, 0) is 18.0 Å². The van der Waals surface area contributed by atoms with Crippen molar-refractivity contribution in [2.45, 2.75) is 12.8 Å². The first-order chi connectivity index (χ1) is 18.4. The minimum atomic E-state index is -1.00. The number of allylic oxidation sites excluding steroid dienone is 1. The van der Waals surface area contributed by atoms with Crippen LogP contribution in [0.5, 0.6) is 0 Å². The van der Waals surface area contributed by atoms with Crippen molar-refractivity contribution in [1.82, 2.24) is 40.5 Å². The van der Waals surface area contributed by atoms with Crippen molar-refractivity contribution in [2.24, 2.45) is 0 Å². The monoisotopic (exact) mass is 630 g/mol. The fraction of sp³-hybridized carbons (Fsp3) is 0.0952. The Morgan fingerprint density at radius 3 is 1.82 bits per heavy atom. The number of amides is 1. The third-order valence-electron chi connectivity index (χ3n) is 3.87. The van der Waals surface area contributed by atoms with Gasteiger partial charge in [-0.3, -0.25) is 34.1 Å². The standard InChI is InChI=1S/C6H5BrN2O2.C6H8N2O.C5H5ClN2O2.C4H3FN2O2/c7-2-1-4-3-8-6(11)9-5(4)10;1-4-3-6(9)8-5(2)7-4;6-1-3-2-7-5(10)8-4(3)9;5-2-1-6-4(9)7-3(2)8/h1-3H,(H2,8,9,10,11);3,7H,2H2,1H3,(H,8,9);2H,1H2,(H2,7,8,9,10);1H,(H2,6,7,8,9)/b2-1+;;;. The Morgan fingerprint density at radius 1 is 0.846 bits per heavy atom. The number of nitrogens with one attached hydrogen (secondary N) is 8. The Bertz CT molecular complexity index is 1710. The molecule has 208 valence electrons. The van der Waals surface area contributed by atoms with E-state index < -0.39 is 39.6 Å². The van der Waals surface area contributed by atoms with Crippen LogP contribution in [-0.4, -0.2) is 35.8 Å². The third kappa shape index (κ3) is 12.3. The summed E-state index contributed by atoms with van der Waals surface area (Å²) in [5.41, 5.74) is -1.96. The first kappa shape index (κ1) is 32.3. The average Bonchev–Trinajstić information content (AvgIpc) is 2.84. The molecule has 1 aliphatic heterocycles. The normalized spacial score (nSPS) is 11.8. The summed E-state index contributed by atoms with van der Waals surface area (Å²) in [6.07, 6.45) is 6.37. The molecular weight excluding hydrogens is 611 g/mol. The van der Waals surface area contributed by atoms with Gasteiger partial charge in [-0.15, -0.1) is 11.6 Å². The molecule has 4 heterocycles. The van der Waals surface area contributed by atoms with E-state index in [2.05, 4.69) is 48.1 Å². The van der Waals surface area contributed by atoms with Crippen molar-refractivity contribution < 1.29 is 9.18 Å². The molecular formula is C21H21BrClFN8O7. The van der Waals surface area contributed by atoms with E-state index in [1.54, 1.807) is 4.98 Å². The van der Waals surface area contributed by atoms with Crippen molar-refractivity contribution in [3.63, 3.8) is 0 Å². The van der Waals surface area contributed by atoms with Crippen LogP contribution in [0.4, 0.5) is 4.39 Å². The average molecular weight is 632 g/mol. The van der Waals surface area contributed by atoms with Gasteiger partial charge in [-0.25, -0.2) is 14.4 Å². The lowest BCUT2D eigenvalue weighted by Crippen LogP contribution is -2.33. The first-order valence-corrected chi connectivity index (χ1v) is 11.7. The van der Waals surface area contributed by atoms with Crippen LogP contribution in [-0.2, 0) is 10.7 Å². The van der Waals surface area contributed by atoms with Crippen LogP contribution in [0.2, 0.25) is 0 Å². The van der Waals surface area contributed by atoms with Gasteiger partial charge in [0.25, 0.3) is 22.6 Å². The number of carbonyl (C=O) groups excluding carboxylic acids is 1. The molecule has 8 N–H and O–H groups in total. The van der Waals surface area contributed by atoms with Gasteiger partial charge in [0, 0.05) is 35.9 Å². The van der Waals surface area contributed by atoms with Crippen molar-refractivity contribution in [3.05, 3.63) is 127 Å². The Kier molecular flexibility index (Phi) is 13.4. The van der Waals surface area contributed by atoms with E-state index in [9.17, 15) is 38.0 Å². The molecule has 0 unspecified atom stereocenters. The molecule has 0 bridgehead atoms. The second kappa shape index (κ2) is 16.2. The Balaban J connectivity index is 0.000000261. The minimum absolute atomic E-state index is 0.103. The smallest absolute Gasteiger partial charge is 0.325 e. The molecule has 3 aromatic heterocycles. The van der Waals surface area contributed by atoms with Crippen LogP contribution in [0.25, 0.3) is 6.08 Å². The van der Waals surface area contributed by atoms with Crippen molar-refractivity contribution in [1.29, 1.82) is 0 Å². The molecule has 0 atom stereocenters. The zero-order valence-electron chi connectivity index (χ0n) is 19.9. The zero-order chi connectivity index (χ0) is 29.5. The number of halogens is 3. The van der Waals surface area contributed by atoms with Crippen LogP contribution in [0, 0.1) is 5.82 Å². The number of carbonyl (C=O) groups is 1. The van der Waals surface area contributed by atoms with Crippen LogP contribution in [0.1, 0.15) is 18.1 Å². The summed E-state index contributed by atoms with van der Waals surface area (Å²) in [5.74, 6) is -0.461. The van der Waals surface area contributed by atoms with E-state index in [0.29, 0.717) is 23.1 Å². The molecule has 0 saturated heterocycles. The fourth-order valence-electron chi connectivity index (χ4n) is 2.23. The van der Waals surface area contributed by atoms with Crippen LogP contribution in [0.3, 0.4) is 0 Å². The highest BCUT2D eigenvalue weighted by Crippen LogP contribution is 1.95. The number of aromatic amines is 6. The van der Waals surface area contributed by atoms with Gasteiger partial charge in [-0.2, -0.15) is 4.39 Å². The van der Waals surface area contributed by atoms with E-state index in [1.807, 2.05) is 16.9 Å². The number of rotatable bonds is 2. The second-order valence-corrected chi connectivity index (χ2v) is 7.69. The third-order valence-corrected chi connectivity index (χ3v) is 4.43. The Labute approximate surface area is 229 Å². The largest absolute Gasteiger partial charge is 0.346 e. The summed E-state index contributed by atoms with van der Waals surface area (Å²) in [5, 5.41) is 5.33. The SMILES string of the molecule is C=C1NC(=O)C=C(C)N1.O=c1[nH]cc(/C=C/Br)c(=O)[nH]1.O=c1[nH]cc(CCl)c(=O)[nH]1.O=c1[nH]cc(F)c(=O)[nH]1. The maximum Gasteiger partial charge on any atom is 0.325 e. The van der Waals surface area contributed by atoms with Gasteiger partial charge < -0.3 is 25.6 Å². The summed E-state index contributed by atoms with van der Waals surface area (Å²) >= 11 is 8.36. The van der Waals surface area contributed by atoms with E-state index in [-0.39, 0.29) is 11.8 Å². The van der Waals surface area contributed by atoms with E-state index in [0.717, 1.165) is 5.70 Å². The summed E-state index contributed by atoms with van der Waals surface area (Å²) < 4.78 is 12.0. The molecule has 0 aliphatic carbocycles. The van der Waals surface area contributed by atoms with Gasteiger partial charge in [0.2, 0.25) is 5.82 Å². The maximum atomic E-state index is 12.0. The molecule has 15 nitrogen and oxygen atoms in total. The molecule has 0 radical (unpaired) electrons. The quantitative estimate of drug-likeness (QED) is 0.171. The van der Waals surface area contributed by atoms with Crippen molar-refractivity contribution in [2.75, 3.05) is 0 Å². The molecule has 39 heavy (non-hydrogen) atoms. The number of H-pyrrole nitrogens is 6. The van der Waals surface area contributed by atoms with Crippen LogP contribution >= 0.6 is 27.5 Å².